The Morgan fingerprint density at radius 2 is 2.20 bits per heavy atom. The van der Waals surface area contributed by atoms with Crippen LogP contribution in [0, 0.1) is 5.41 Å². The summed E-state index contributed by atoms with van der Waals surface area (Å²) in [6.45, 7) is 3.75. The van der Waals surface area contributed by atoms with Crippen molar-refractivity contribution in [3.63, 3.8) is 0 Å². The van der Waals surface area contributed by atoms with Crippen LogP contribution in [0.2, 0.25) is 0 Å². The van der Waals surface area contributed by atoms with E-state index < -0.39 is 11.4 Å². The van der Waals surface area contributed by atoms with Gasteiger partial charge in [-0.25, -0.2) is 0 Å². The molecule has 0 amide bonds. The number of thiophene rings is 1. The molecule has 0 atom stereocenters. The van der Waals surface area contributed by atoms with Gasteiger partial charge in [0, 0.05) is 17.7 Å². The Bertz CT molecular complexity index is 559. The van der Waals surface area contributed by atoms with Gasteiger partial charge in [-0.3, -0.25) is 4.79 Å². The van der Waals surface area contributed by atoms with Crippen molar-refractivity contribution in [2.75, 3.05) is 0 Å². The highest BCUT2D eigenvalue weighted by Crippen LogP contribution is 2.31. The zero-order valence-electron chi connectivity index (χ0n) is 11.6. The number of aromatic nitrogens is 2. The van der Waals surface area contributed by atoms with Crippen LogP contribution in [-0.4, -0.2) is 21.2 Å². The Kier molecular flexibility index (Phi) is 4.54. The molecule has 0 bridgehead atoms. The Hall–Kier alpha value is -1.69. The summed E-state index contributed by atoms with van der Waals surface area (Å²) >= 11 is 1.64. The van der Waals surface area contributed by atoms with Gasteiger partial charge in [-0.2, -0.15) is 4.98 Å². The van der Waals surface area contributed by atoms with E-state index >= 15 is 0 Å². The maximum Gasteiger partial charge on any atom is 0.310 e. The van der Waals surface area contributed by atoms with E-state index in [1.165, 1.54) is 0 Å². The number of nitrogens with zero attached hydrogens (tertiary/aromatic N) is 2. The quantitative estimate of drug-likeness (QED) is 0.849. The molecule has 0 aromatic carbocycles. The molecule has 0 unspecified atom stereocenters. The number of hydrogen-bond acceptors (Lipinski definition) is 5. The maximum atomic E-state index is 11.5. The van der Waals surface area contributed by atoms with Gasteiger partial charge in [0.2, 0.25) is 5.89 Å². The lowest BCUT2D eigenvalue weighted by Gasteiger charge is -2.24. The normalized spacial score (nSPS) is 11.7. The lowest BCUT2D eigenvalue weighted by molar-refractivity contribution is -0.149. The number of carboxylic acids is 1. The molecule has 2 rings (SSSR count). The Labute approximate surface area is 121 Å². The Morgan fingerprint density at radius 3 is 2.75 bits per heavy atom. The van der Waals surface area contributed by atoms with E-state index in [1.54, 1.807) is 11.3 Å². The molecule has 0 aliphatic heterocycles. The minimum absolute atomic E-state index is 0.284. The van der Waals surface area contributed by atoms with Gasteiger partial charge in [0.15, 0.2) is 5.82 Å². The van der Waals surface area contributed by atoms with Crippen molar-refractivity contribution in [2.24, 2.45) is 5.41 Å². The molecule has 6 heteroatoms. The third-order valence-electron chi connectivity index (χ3n) is 3.72. The summed E-state index contributed by atoms with van der Waals surface area (Å²) in [5.74, 6) is 0.206. The van der Waals surface area contributed by atoms with Crippen LogP contribution in [-0.2, 0) is 17.6 Å². The zero-order chi connectivity index (χ0) is 14.6. The molecule has 0 radical (unpaired) electrons. The van der Waals surface area contributed by atoms with Gasteiger partial charge in [-0.15, -0.1) is 11.3 Å². The van der Waals surface area contributed by atoms with Crippen molar-refractivity contribution in [1.82, 2.24) is 10.1 Å². The molecule has 1 N–H and O–H groups in total. The average molecular weight is 294 g/mol. The van der Waals surface area contributed by atoms with Crippen LogP contribution in [0.4, 0.5) is 0 Å². The third-order valence-corrected chi connectivity index (χ3v) is 4.60. The number of carbonyl (C=O) groups is 1. The van der Waals surface area contributed by atoms with Crippen LogP contribution in [0.3, 0.4) is 0 Å². The molecule has 0 fully saturated rings. The first-order chi connectivity index (χ1) is 9.59. The SMILES string of the molecule is CCC(CC)(Cc1nc(Cc2cccs2)no1)C(=O)O. The zero-order valence-corrected chi connectivity index (χ0v) is 12.4. The number of rotatable bonds is 7. The summed E-state index contributed by atoms with van der Waals surface area (Å²) in [7, 11) is 0. The van der Waals surface area contributed by atoms with Gasteiger partial charge in [-0.1, -0.05) is 25.1 Å². The minimum atomic E-state index is -0.813. The molecule has 108 valence electrons. The van der Waals surface area contributed by atoms with Gasteiger partial charge in [-0.05, 0) is 24.3 Å². The Balaban J connectivity index is 2.10. The van der Waals surface area contributed by atoms with Gasteiger partial charge in [0.25, 0.3) is 0 Å². The van der Waals surface area contributed by atoms with Crippen molar-refractivity contribution in [3.05, 3.63) is 34.1 Å². The van der Waals surface area contributed by atoms with E-state index in [9.17, 15) is 9.90 Å². The van der Waals surface area contributed by atoms with Crippen molar-refractivity contribution >= 4 is 17.3 Å². The molecule has 0 saturated heterocycles. The fraction of sp³-hybridized carbons (Fsp3) is 0.500. The summed E-state index contributed by atoms with van der Waals surface area (Å²) < 4.78 is 5.20. The van der Waals surface area contributed by atoms with Gasteiger partial charge in [0.1, 0.15) is 0 Å². The second-order valence-electron chi connectivity index (χ2n) is 4.83. The summed E-state index contributed by atoms with van der Waals surface area (Å²) in [5.41, 5.74) is -0.813. The number of aliphatic carboxylic acids is 1. The first kappa shape index (κ1) is 14.7. The minimum Gasteiger partial charge on any atom is -0.481 e. The standard InChI is InChI=1S/C14H18N2O3S/c1-3-14(4-2,13(17)18)9-12-15-11(16-19-12)8-10-6-5-7-20-10/h5-7H,3-4,8-9H2,1-2H3,(H,17,18). The van der Waals surface area contributed by atoms with E-state index in [2.05, 4.69) is 10.1 Å². The molecule has 5 nitrogen and oxygen atoms in total. The molecule has 0 spiro atoms. The van der Waals surface area contributed by atoms with Gasteiger partial charge in [0.05, 0.1) is 5.41 Å². The molecule has 0 aliphatic carbocycles. The maximum absolute atomic E-state index is 11.5. The molecule has 2 aromatic rings. The van der Waals surface area contributed by atoms with E-state index in [1.807, 2.05) is 31.4 Å². The first-order valence-corrected chi connectivity index (χ1v) is 7.55. The van der Waals surface area contributed by atoms with Crippen molar-refractivity contribution in [3.8, 4) is 0 Å². The highest BCUT2D eigenvalue weighted by molar-refractivity contribution is 7.09. The molecular weight excluding hydrogens is 276 g/mol. The smallest absolute Gasteiger partial charge is 0.310 e. The van der Waals surface area contributed by atoms with E-state index in [4.69, 9.17) is 4.52 Å². The fourth-order valence-corrected chi connectivity index (χ4v) is 2.87. The fourth-order valence-electron chi connectivity index (χ4n) is 2.17. The number of hydrogen-bond donors (Lipinski definition) is 1. The van der Waals surface area contributed by atoms with E-state index in [-0.39, 0.29) is 6.42 Å². The summed E-state index contributed by atoms with van der Waals surface area (Å²) in [6.07, 6.45) is 2.00. The largest absolute Gasteiger partial charge is 0.481 e. The highest BCUT2D eigenvalue weighted by Gasteiger charge is 2.37. The molecular formula is C14H18N2O3S. The summed E-state index contributed by atoms with van der Waals surface area (Å²) in [6, 6.07) is 3.99. The van der Waals surface area contributed by atoms with Crippen LogP contribution in [0.15, 0.2) is 22.0 Å². The predicted octanol–water partition coefficient (Wildman–Crippen LogP) is 3.16. The molecule has 20 heavy (non-hydrogen) atoms. The van der Waals surface area contributed by atoms with Crippen LogP contribution in [0.25, 0.3) is 0 Å². The monoisotopic (exact) mass is 294 g/mol. The second-order valence-corrected chi connectivity index (χ2v) is 5.86. The van der Waals surface area contributed by atoms with Crippen LogP contribution in [0.1, 0.15) is 43.3 Å². The second kappa shape index (κ2) is 6.17. The topological polar surface area (TPSA) is 76.2 Å². The van der Waals surface area contributed by atoms with Crippen LogP contribution >= 0.6 is 11.3 Å². The number of carboxylic acid groups (broad SMARTS) is 1. The third kappa shape index (κ3) is 3.07. The Morgan fingerprint density at radius 1 is 1.45 bits per heavy atom. The first-order valence-electron chi connectivity index (χ1n) is 6.67. The highest BCUT2D eigenvalue weighted by atomic mass is 32.1. The van der Waals surface area contributed by atoms with Gasteiger partial charge < -0.3 is 9.63 Å². The lowest BCUT2D eigenvalue weighted by atomic mass is 9.79. The summed E-state index contributed by atoms with van der Waals surface area (Å²) in [5, 5.41) is 15.3. The summed E-state index contributed by atoms with van der Waals surface area (Å²) in [4.78, 5) is 16.9. The van der Waals surface area contributed by atoms with E-state index in [0.29, 0.717) is 31.0 Å². The van der Waals surface area contributed by atoms with Crippen LogP contribution in [0.5, 0.6) is 0 Å². The predicted molar refractivity (Wildman–Crippen MR) is 75.8 cm³/mol. The average Bonchev–Trinajstić information content (AvgIpc) is 3.08. The van der Waals surface area contributed by atoms with Crippen LogP contribution < -0.4 is 0 Å². The van der Waals surface area contributed by atoms with Gasteiger partial charge >= 0.3 is 5.97 Å². The van der Waals surface area contributed by atoms with Crippen molar-refractivity contribution in [1.29, 1.82) is 0 Å². The molecule has 2 aromatic heterocycles. The molecule has 0 aliphatic rings. The molecule has 2 heterocycles. The lowest BCUT2D eigenvalue weighted by Crippen LogP contribution is -2.32. The van der Waals surface area contributed by atoms with Crippen molar-refractivity contribution < 1.29 is 14.4 Å². The van der Waals surface area contributed by atoms with Crippen molar-refractivity contribution in [2.45, 2.75) is 39.5 Å². The van der Waals surface area contributed by atoms with E-state index in [0.717, 1.165) is 4.88 Å². The molecule has 0 saturated carbocycles.